The highest BCUT2D eigenvalue weighted by Crippen LogP contribution is 2.63. The van der Waals surface area contributed by atoms with Crippen LogP contribution in [0.3, 0.4) is 0 Å². The normalized spacial score (nSPS) is 18.2. The highest BCUT2D eigenvalue weighted by Gasteiger charge is 2.32. The molecular formula is C23H21N2O4PS. The zero-order chi connectivity index (χ0) is 21.5. The van der Waals surface area contributed by atoms with Crippen LogP contribution in [0.5, 0.6) is 17.2 Å². The van der Waals surface area contributed by atoms with Gasteiger partial charge in [-0.25, -0.2) is 4.57 Å². The van der Waals surface area contributed by atoms with E-state index >= 15 is 0 Å². The van der Waals surface area contributed by atoms with Crippen LogP contribution < -0.4 is 13.8 Å². The van der Waals surface area contributed by atoms with E-state index < -0.39 is 6.80 Å². The number of ether oxygens (including phenoxy) is 1. The van der Waals surface area contributed by atoms with Crippen molar-refractivity contribution >= 4 is 30.6 Å². The van der Waals surface area contributed by atoms with Crippen molar-refractivity contribution in [3.05, 3.63) is 83.9 Å². The summed E-state index contributed by atoms with van der Waals surface area (Å²) in [4.78, 5) is 9.55. The lowest BCUT2D eigenvalue weighted by Gasteiger charge is -2.21. The minimum absolute atomic E-state index is 0.438. The zero-order valence-corrected chi connectivity index (χ0v) is 18.6. The van der Waals surface area contributed by atoms with E-state index in [1.54, 1.807) is 43.8 Å². The van der Waals surface area contributed by atoms with Gasteiger partial charge in [0.25, 0.3) is 0 Å². The van der Waals surface area contributed by atoms with E-state index in [-0.39, 0.29) is 0 Å². The Hall–Kier alpha value is -3.02. The molecule has 0 saturated carbocycles. The summed E-state index contributed by atoms with van der Waals surface area (Å²) in [5.74, 6) is 1.59. The van der Waals surface area contributed by atoms with Crippen LogP contribution >= 0.6 is 18.2 Å². The predicted molar refractivity (Wildman–Crippen MR) is 126 cm³/mol. The predicted octanol–water partition coefficient (Wildman–Crippen LogP) is 5.90. The average Bonchev–Trinajstić information content (AvgIpc) is 2.79. The fourth-order valence-corrected chi connectivity index (χ4v) is 6.13. The third kappa shape index (κ3) is 5.57. The van der Waals surface area contributed by atoms with E-state index in [0.717, 1.165) is 27.4 Å². The summed E-state index contributed by atoms with van der Waals surface area (Å²) in [5, 5.41) is 0. The Morgan fingerprint density at radius 2 is 1.32 bits per heavy atom. The van der Waals surface area contributed by atoms with Gasteiger partial charge in [-0.1, -0.05) is 24.3 Å². The van der Waals surface area contributed by atoms with Crippen molar-refractivity contribution in [3.8, 4) is 17.2 Å². The molecule has 0 fully saturated rings. The highest BCUT2D eigenvalue weighted by atomic mass is 32.7. The number of hydrogen-bond acceptors (Lipinski definition) is 7. The maximum Gasteiger partial charge on any atom is 0.497 e. The molecule has 6 nitrogen and oxygen atoms in total. The molecule has 0 saturated heterocycles. The van der Waals surface area contributed by atoms with Gasteiger partial charge in [0.1, 0.15) is 17.2 Å². The fourth-order valence-electron chi connectivity index (χ4n) is 2.84. The van der Waals surface area contributed by atoms with Crippen molar-refractivity contribution in [2.45, 2.75) is 4.90 Å². The van der Waals surface area contributed by atoms with E-state index in [2.05, 4.69) is 9.98 Å². The quantitative estimate of drug-likeness (QED) is 0.463. The highest BCUT2D eigenvalue weighted by molar-refractivity contribution is 8.55. The Morgan fingerprint density at radius 3 is 1.84 bits per heavy atom. The van der Waals surface area contributed by atoms with Gasteiger partial charge >= 0.3 is 6.80 Å². The Morgan fingerprint density at radius 1 is 0.806 bits per heavy atom. The third-order valence-corrected chi connectivity index (χ3v) is 7.65. The zero-order valence-electron chi connectivity index (χ0n) is 16.9. The summed E-state index contributed by atoms with van der Waals surface area (Å²) in [6.07, 6.45) is 3.41. The second-order valence-corrected chi connectivity index (χ2v) is 10.3. The molecule has 0 N–H and O–H groups in total. The Balaban J connectivity index is 1.76. The number of para-hydroxylation sites is 2. The molecule has 3 aromatic carbocycles. The van der Waals surface area contributed by atoms with E-state index in [9.17, 15) is 4.57 Å². The lowest BCUT2D eigenvalue weighted by atomic mass is 10.2. The maximum atomic E-state index is 14.0. The maximum absolute atomic E-state index is 14.0. The first-order valence-corrected chi connectivity index (χ1v) is 12.6. The van der Waals surface area contributed by atoms with Crippen LogP contribution in [-0.4, -0.2) is 32.6 Å². The number of methoxy groups -OCH3 is 1. The Labute approximate surface area is 185 Å². The van der Waals surface area contributed by atoms with Gasteiger partial charge in [-0.05, 0) is 48.5 Å². The lowest BCUT2D eigenvalue weighted by Crippen LogP contribution is -2.02. The van der Waals surface area contributed by atoms with Crippen molar-refractivity contribution in [2.24, 2.45) is 9.98 Å². The van der Waals surface area contributed by atoms with E-state index in [1.165, 1.54) is 0 Å². The first kappa shape index (κ1) is 21.2. The summed E-state index contributed by atoms with van der Waals surface area (Å²) in [6.45, 7) is -2.67. The van der Waals surface area contributed by atoms with E-state index in [4.69, 9.17) is 13.8 Å². The Bertz CT molecular complexity index is 1080. The van der Waals surface area contributed by atoms with Gasteiger partial charge in [-0.3, -0.25) is 9.98 Å². The van der Waals surface area contributed by atoms with Gasteiger partial charge in [-0.15, -0.1) is 0 Å². The number of fused-ring (bicyclic) bond motifs is 2. The molecule has 1 aliphatic rings. The average molecular weight is 452 g/mol. The van der Waals surface area contributed by atoms with Crippen LogP contribution in [0.1, 0.15) is 11.1 Å². The van der Waals surface area contributed by atoms with Crippen LogP contribution in [0.15, 0.2) is 87.7 Å². The summed E-state index contributed by atoms with van der Waals surface area (Å²) < 4.78 is 31.3. The molecule has 0 bridgehead atoms. The van der Waals surface area contributed by atoms with Crippen LogP contribution in [0.25, 0.3) is 0 Å². The molecule has 0 radical (unpaired) electrons. The van der Waals surface area contributed by atoms with Crippen LogP contribution in [0.2, 0.25) is 0 Å². The summed E-state index contributed by atoms with van der Waals surface area (Å²) in [6, 6.07) is 21.9. The minimum Gasteiger partial charge on any atom is -0.497 e. The number of benzene rings is 3. The molecule has 0 spiro atoms. The molecule has 0 unspecified atom stereocenters. The van der Waals surface area contributed by atoms with Gasteiger partial charge in [0.2, 0.25) is 0 Å². The topological polar surface area (TPSA) is 69.5 Å². The molecule has 0 aromatic heterocycles. The lowest BCUT2D eigenvalue weighted by molar-refractivity contribution is 0.407. The molecule has 4 rings (SSSR count). The van der Waals surface area contributed by atoms with Crippen molar-refractivity contribution < 1.29 is 18.3 Å². The monoisotopic (exact) mass is 452 g/mol. The standard InChI is InChI=1S/C23H21N2O4PS/c1-27-20-10-12-21(13-11-20)31-30(26)28-22-8-4-2-6-18(22)16-24-14-15-25-17-19-7-3-5-9-23(19)29-30/h2-13,16-17H,14-15H2,1H3. The fraction of sp³-hybridized carbons (Fsp3) is 0.130. The molecule has 0 atom stereocenters. The van der Waals surface area contributed by atoms with Gasteiger partial charge < -0.3 is 13.8 Å². The van der Waals surface area contributed by atoms with Crippen molar-refractivity contribution in [1.29, 1.82) is 0 Å². The molecule has 158 valence electrons. The molecule has 0 aliphatic carbocycles. The molecule has 0 amide bonds. The summed E-state index contributed by atoms with van der Waals surface area (Å²) in [5.41, 5.74) is 1.44. The van der Waals surface area contributed by atoms with E-state index in [1.807, 2.05) is 48.5 Å². The molecule has 8 heteroatoms. The summed E-state index contributed by atoms with van der Waals surface area (Å²) in [7, 11) is 1.60. The molecule has 1 aliphatic heterocycles. The molecule has 3 aromatic rings. The van der Waals surface area contributed by atoms with E-state index in [0.29, 0.717) is 30.3 Å². The largest absolute Gasteiger partial charge is 0.497 e. The number of rotatable bonds is 3. The second kappa shape index (κ2) is 9.86. The van der Waals surface area contributed by atoms with Crippen LogP contribution in [0.4, 0.5) is 0 Å². The van der Waals surface area contributed by atoms with Crippen molar-refractivity contribution in [1.82, 2.24) is 0 Å². The molecule has 31 heavy (non-hydrogen) atoms. The van der Waals surface area contributed by atoms with Crippen molar-refractivity contribution in [3.63, 3.8) is 0 Å². The first-order valence-electron chi connectivity index (χ1n) is 9.66. The van der Waals surface area contributed by atoms with Gasteiger partial charge in [0.05, 0.1) is 20.2 Å². The van der Waals surface area contributed by atoms with Crippen LogP contribution in [-0.2, 0) is 4.57 Å². The van der Waals surface area contributed by atoms with Gasteiger partial charge in [-0.2, -0.15) is 0 Å². The minimum atomic E-state index is -3.74. The molecular weight excluding hydrogens is 431 g/mol. The number of nitrogens with zero attached hydrogens (tertiary/aromatic N) is 2. The Kier molecular flexibility index (Phi) is 6.75. The van der Waals surface area contributed by atoms with Gasteiger partial charge in [0, 0.05) is 39.8 Å². The second-order valence-electron chi connectivity index (χ2n) is 6.54. The van der Waals surface area contributed by atoms with Crippen LogP contribution in [0, 0.1) is 0 Å². The summed E-state index contributed by atoms with van der Waals surface area (Å²) >= 11 is 1.04. The third-order valence-electron chi connectivity index (χ3n) is 4.35. The number of aliphatic imine (C=N–C) groups is 2. The van der Waals surface area contributed by atoms with Gasteiger partial charge in [0.15, 0.2) is 0 Å². The van der Waals surface area contributed by atoms with Crippen molar-refractivity contribution in [2.75, 3.05) is 20.2 Å². The smallest absolute Gasteiger partial charge is 0.497 e. The first-order chi connectivity index (χ1) is 15.1. The SMILES string of the molecule is COc1ccc(SP2(=O)Oc3ccccc3C=NCCN=Cc3ccccc3O2)cc1. The molecule has 1 heterocycles. The number of hydrogen-bond donors (Lipinski definition) is 0.